The zero-order valence-electron chi connectivity index (χ0n) is 26.1. The first-order chi connectivity index (χ1) is 18.1. The molecule has 0 aliphatic heterocycles. The van der Waals surface area contributed by atoms with E-state index in [4.69, 9.17) is 17.1 Å². The topological polar surface area (TPSA) is 82.0 Å². The summed E-state index contributed by atoms with van der Waals surface area (Å²) in [6.07, 6.45) is 1.61. The van der Waals surface area contributed by atoms with Gasteiger partial charge in [0.05, 0.1) is 22.3 Å². The minimum Gasteiger partial charge on any atom is -0.508 e. The van der Waals surface area contributed by atoms with Crippen molar-refractivity contribution in [3.8, 4) is 5.75 Å². The van der Waals surface area contributed by atoms with Crippen LogP contribution in [0.3, 0.4) is 0 Å². The maximum Gasteiger partial charge on any atom is 0.121 e. The lowest BCUT2D eigenvalue weighted by atomic mass is 10.1. The fourth-order valence-corrected chi connectivity index (χ4v) is 2.74. The number of aryl methyl sites for hydroxylation is 1. The highest BCUT2D eigenvalue weighted by atomic mass is 16.5. The van der Waals surface area contributed by atoms with Gasteiger partial charge in [0.2, 0.25) is 0 Å². The molecular formula is C25H37NO4. The SMILES string of the molecule is [2H]c1c([2H])c(C(O)CNC([2H])([2H])CCCCCOC([2H])([2H])CCCc2ccccc2)c([2H])c(C([2H])([2H])O)c1O. The molecule has 0 heterocycles. The summed E-state index contributed by atoms with van der Waals surface area (Å²) in [4.78, 5) is 0. The van der Waals surface area contributed by atoms with Crippen LogP contribution in [-0.2, 0) is 17.7 Å². The monoisotopic (exact) mass is 424 g/mol. The minimum atomic E-state index is -3.19. The maximum absolute atomic E-state index is 10.5. The van der Waals surface area contributed by atoms with E-state index < -0.39 is 67.3 Å². The van der Waals surface area contributed by atoms with Gasteiger partial charge in [0, 0.05) is 28.0 Å². The molecule has 4 N–H and O–H groups in total. The number of aromatic hydroxyl groups is 1. The Bertz CT molecular complexity index is 1070. The summed E-state index contributed by atoms with van der Waals surface area (Å²) < 4.78 is 76.2. The number of unbranched alkanes of at least 4 members (excludes halogenated alkanes) is 2. The van der Waals surface area contributed by atoms with Crippen molar-refractivity contribution in [2.75, 3.05) is 26.2 Å². The third-order valence-electron chi connectivity index (χ3n) is 4.41. The van der Waals surface area contributed by atoms with Crippen LogP contribution in [-0.4, -0.2) is 41.5 Å². The van der Waals surface area contributed by atoms with Gasteiger partial charge < -0.3 is 25.4 Å². The van der Waals surface area contributed by atoms with Gasteiger partial charge in [-0.2, -0.15) is 0 Å². The minimum absolute atomic E-state index is 0.0505. The molecule has 166 valence electrons. The van der Waals surface area contributed by atoms with E-state index in [1.54, 1.807) is 0 Å². The number of rotatable bonds is 16. The van der Waals surface area contributed by atoms with Crippen LogP contribution in [0.2, 0.25) is 0 Å². The average molecular weight is 425 g/mol. The van der Waals surface area contributed by atoms with Crippen LogP contribution in [0, 0.1) is 0 Å². The number of benzene rings is 2. The van der Waals surface area contributed by atoms with E-state index in [-0.39, 0.29) is 19.4 Å². The quantitative estimate of drug-likeness (QED) is 0.305. The molecule has 5 nitrogen and oxygen atoms in total. The fraction of sp³-hybridized carbons (Fsp3) is 0.520. The van der Waals surface area contributed by atoms with Gasteiger partial charge >= 0.3 is 0 Å². The van der Waals surface area contributed by atoms with Crippen LogP contribution >= 0.6 is 0 Å². The molecule has 2 rings (SSSR count). The molecule has 1 unspecified atom stereocenters. The summed E-state index contributed by atoms with van der Waals surface area (Å²) in [6.45, 7) is -7.13. The van der Waals surface area contributed by atoms with E-state index in [2.05, 4.69) is 5.32 Å². The smallest absolute Gasteiger partial charge is 0.121 e. The van der Waals surface area contributed by atoms with Crippen LogP contribution in [0.1, 0.15) is 73.7 Å². The summed E-state index contributed by atoms with van der Waals surface area (Å²) in [6, 6.07) is 7.40. The van der Waals surface area contributed by atoms with Crippen molar-refractivity contribution < 1.29 is 32.4 Å². The van der Waals surface area contributed by atoms with Crippen molar-refractivity contribution in [3.63, 3.8) is 0 Å². The number of aliphatic hydroxyl groups is 2. The Labute approximate surface area is 193 Å². The van der Waals surface area contributed by atoms with Crippen LogP contribution in [0.15, 0.2) is 48.5 Å². The van der Waals surface area contributed by atoms with Gasteiger partial charge in [-0.1, -0.05) is 49.2 Å². The van der Waals surface area contributed by atoms with Crippen molar-refractivity contribution >= 4 is 0 Å². The average Bonchev–Trinajstić information content (AvgIpc) is 2.83. The highest BCUT2D eigenvalue weighted by Crippen LogP contribution is 2.22. The number of hydrogen-bond donors (Lipinski definition) is 4. The molecule has 0 amide bonds. The van der Waals surface area contributed by atoms with Crippen molar-refractivity contribution in [2.45, 2.75) is 57.6 Å². The van der Waals surface area contributed by atoms with Crippen molar-refractivity contribution in [1.29, 1.82) is 0 Å². The third kappa shape index (κ3) is 9.72. The number of aliphatic hydroxyl groups excluding tert-OH is 1. The van der Waals surface area contributed by atoms with E-state index in [1.165, 1.54) is 0 Å². The van der Waals surface area contributed by atoms with Crippen molar-refractivity contribution in [1.82, 2.24) is 5.32 Å². The van der Waals surface area contributed by atoms with Crippen LogP contribution in [0.25, 0.3) is 0 Å². The molecule has 5 heteroatoms. The number of ether oxygens (including phenoxy) is 1. The molecule has 0 saturated heterocycles. The third-order valence-corrected chi connectivity index (χ3v) is 4.41. The lowest BCUT2D eigenvalue weighted by molar-refractivity contribution is 0.126. The molecule has 0 spiro atoms. The number of hydrogen-bond acceptors (Lipinski definition) is 5. The first-order valence-corrected chi connectivity index (χ1v) is 10.2. The van der Waals surface area contributed by atoms with Crippen molar-refractivity contribution in [3.05, 3.63) is 65.1 Å². The van der Waals surface area contributed by atoms with Gasteiger partial charge in [-0.05, 0) is 61.8 Å². The second-order valence-electron chi connectivity index (χ2n) is 6.84. The van der Waals surface area contributed by atoms with E-state index in [1.807, 2.05) is 30.3 Å². The lowest BCUT2D eigenvalue weighted by Crippen LogP contribution is -2.22. The zero-order valence-corrected chi connectivity index (χ0v) is 17.1. The molecule has 0 saturated carbocycles. The van der Waals surface area contributed by atoms with E-state index in [9.17, 15) is 15.3 Å². The van der Waals surface area contributed by atoms with Crippen LogP contribution in [0.4, 0.5) is 0 Å². The molecule has 0 bridgehead atoms. The summed E-state index contributed by atoms with van der Waals surface area (Å²) in [5.74, 6) is -1.07. The molecule has 2 aromatic rings. The van der Waals surface area contributed by atoms with Gasteiger partial charge in [-0.15, -0.1) is 0 Å². The fourth-order valence-electron chi connectivity index (χ4n) is 2.74. The van der Waals surface area contributed by atoms with Gasteiger partial charge in [-0.3, -0.25) is 0 Å². The molecule has 30 heavy (non-hydrogen) atoms. The predicted octanol–water partition coefficient (Wildman–Crippen LogP) is 4.11. The van der Waals surface area contributed by atoms with Gasteiger partial charge in [0.1, 0.15) is 5.75 Å². The Morgan fingerprint density at radius 2 is 1.83 bits per heavy atom. The highest BCUT2D eigenvalue weighted by Gasteiger charge is 2.09. The second kappa shape index (κ2) is 15.0. The Morgan fingerprint density at radius 3 is 2.63 bits per heavy atom. The normalized spacial score (nSPS) is 18.0. The van der Waals surface area contributed by atoms with Gasteiger partial charge in [0.25, 0.3) is 0 Å². The Morgan fingerprint density at radius 1 is 1.03 bits per heavy atom. The Balaban J connectivity index is 1.77. The summed E-state index contributed by atoms with van der Waals surface area (Å²) in [5, 5.41) is 32.6. The van der Waals surface area contributed by atoms with E-state index >= 15 is 0 Å². The molecule has 0 fully saturated rings. The molecule has 0 aromatic heterocycles. The first kappa shape index (κ1) is 14.2. The standard InChI is InChI=1S/C25H37NO4/c27-20-23-18-22(13-14-24(23)28)25(29)19-26-15-7-1-2-8-16-30-17-9-6-12-21-10-4-3-5-11-21/h3-5,10-11,13-14,18,25-29H,1-2,6-9,12,15-17,19-20H2/i13D,14D,15D2,17D2,18D,20D2. The highest BCUT2D eigenvalue weighted by molar-refractivity contribution is 5.36. The molecule has 0 aliphatic rings. The maximum atomic E-state index is 10.5. The summed E-state index contributed by atoms with van der Waals surface area (Å²) >= 11 is 0. The van der Waals surface area contributed by atoms with Gasteiger partial charge in [-0.25, -0.2) is 0 Å². The van der Waals surface area contributed by atoms with E-state index in [0.717, 1.165) is 12.0 Å². The largest absolute Gasteiger partial charge is 0.508 e. The number of phenols is 1. The molecule has 1 atom stereocenters. The van der Waals surface area contributed by atoms with E-state index in [0.29, 0.717) is 25.7 Å². The molecule has 0 radical (unpaired) electrons. The molecule has 2 aromatic carbocycles. The predicted molar refractivity (Wildman–Crippen MR) is 121 cm³/mol. The summed E-state index contributed by atoms with van der Waals surface area (Å²) in [5.41, 5.74) is -0.307. The Kier molecular flexibility index (Phi) is 7.08. The Hall–Kier alpha value is -1.92. The van der Waals surface area contributed by atoms with Crippen LogP contribution < -0.4 is 5.32 Å². The lowest BCUT2D eigenvalue weighted by Gasteiger charge is -2.14. The first-order valence-electron chi connectivity index (χ1n) is 14.7. The van der Waals surface area contributed by atoms with Crippen LogP contribution in [0.5, 0.6) is 5.75 Å². The molecule has 0 aliphatic carbocycles. The summed E-state index contributed by atoms with van der Waals surface area (Å²) in [7, 11) is 0. The zero-order chi connectivity index (χ0) is 29.4. The molecular weight excluding hydrogens is 378 g/mol. The second-order valence-corrected chi connectivity index (χ2v) is 6.84. The number of nitrogens with one attached hydrogen (secondary N) is 1. The van der Waals surface area contributed by atoms with Crippen molar-refractivity contribution in [2.24, 2.45) is 0 Å². The van der Waals surface area contributed by atoms with Gasteiger partial charge in [0.15, 0.2) is 0 Å².